The molecule has 0 aromatic heterocycles. The van der Waals surface area contributed by atoms with Crippen LogP contribution in [0.4, 0.5) is 0 Å². The van der Waals surface area contributed by atoms with Crippen molar-refractivity contribution in [1.29, 1.82) is 0 Å². The molecule has 1 spiro atoms. The molecule has 1 aliphatic heterocycles. The number of ether oxygens (including phenoxy) is 4. The third-order valence-corrected chi connectivity index (χ3v) is 19.1. The summed E-state index contributed by atoms with van der Waals surface area (Å²) in [6.07, 6.45) is 26.6. The molecule has 0 bridgehead atoms. The molecule has 9 rings (SSSR count). The van der Waals surface area contributed by atoms with Gasteiger partial charge in [0.15, 0.2) is 5.79 Å². The standard InChI is InChI=1S/C23H38O3.C21H34O2/c1-4-22-11-12-23(25-13-14-26-23)15-16(22)5-6-17-18-7-8-20(24-3)21(18,2)10-9-19(17)22;1-4-21-12-9-15(22)13-14(21)5-6-16-17-7-8-19(23-3)20(17,2)11-10-18(16)21/h16-20H,4-15H2,1-3H3;14,16-19H,4-13H2,1-3H3/t16-,17-,18-,19-,20-,21-,22-;14-,16-,17-,18-,19-,20-,21-/m00/s1. The van der Waals surface area contributed by atoms with Gasteiger partial charge in [0, 0.05) is 39.9 Å². The summed E-state index contributed by atoms with van der Waals surface area (Å²) in [5.74, 6) is 7.24. The van der Waals surface area contributed by atoms with Gasteiger partial charge in [-0.2, -0.15) is 0 Å². The predicted molar refractivity (Wildman–Crippen MR) is 194 cm³/mol. The molecule has 5 nitrogen and oxygen atoms in total. The van der Waals surface area contributed by atoms with Gasteiger partial charge in [-0.3, -0.25) is 4.79 Å². The van der Waals surface area contributed by atoms with E-state index >= 15 is 0 Å². The SMILES string of the molecule is CC[C@]12CCC(=O)C[C@@H]1CC[C@H]1[C@@H]3CC[C@H](OC)[C@@]3(C)CC[C@@H]12.CC[C@]12CCC3(C[C@@H]1CC[C@H]1[C@@H]4CC[C@H](OC)[C@@]4(C)CC[C@@H]12)OCCO3. The Bertz CT molecular complexity index is 1210. The molecule has 0 aromatic rings. The van der Waals surface area contributed by atoms with Gasteiger partial charge in [-0.05, 0) is 172 Å². The van der Waals surface area contributed by atoms with E-state index in [-0.39, 0.29) is 5.79 Å². The van der Waals surface area contributed by atoms with E-state index in [1.54, 1.807) is 0 Å². The van der Waals surface area contributed by atoms with Crippen LogP contribution in [0.1, 0.15) is 156 Å². The number of hydrogen-bond acceptors (Lipinski definition) is 5. The van der Waals surface area contributed by atoms with E-state index in [9.17, 15) is 4.79 Å². The van der Waals surface area contributed by atoms with Crippen molar-refractivity contribution in [3.05, 3.63) is 0 Å². The molecule has 0 radical (unpaired) electrons. The van der Waals surface area contributed by atoms with Crippen LogP contribution in [0, 0.1) is 69.0 Å². The van der Waals surface area contributed by atoms with E-state index in [4.69, 9.17) is 18.9 Å². The molecular formula is C44H72O5. The van der Waals surface area contributed by atoms with Crippen LogP contribution in [0.15, 0.2) is 0 Å². The highest BCUT2D eigenvalue weighted by molar-refractivity contribution is 5.79. The number of hydrogen-bond donors (Lipinski definition) is 0. The lowest BCUT2D eigenvalue weighted by atomic mass is 9.43. The average Bonchev–Trinajstić information content (AvgIpc) is 3.82. The van der Waals surface area contributed by atoms with Gasteiger partial charge in [-0.15, -0.1) is 0 Å². The molecule has 8 saturated carbocycles. The van der Waals surface area contributed by atoms with Gasteiger partial charge in [-0.25, -0.2) is 0 Å². The maximum Gasteiger partial charge on any atom is 0.168 e. The molecule has 8 aliphatic carbocycles. The molecule has 1 saturated heterocycles. The van der Waals surface area contributed by atoms with E-state index < -0.39 is 0 Å². The maximum absolute atomic E-state index is 12.0. The van der Waals surface area contributed by atoms with Crippen LogP contribution in [-0.2, 0) is 23.7 Å². The number of fused-ring (bicyclic) bond motifs is 10. The molecule has 0 aromatic carbocycles. The highest BCUT2D eigenvalue weighted by Crippen LogP contribution is 2.69. The van der Waals surface area contributed by atoms with Crippen molar-refractivity contribution in [2.75, 3.05) is 27.4 Å². The average molecular weight is 681 g/mol. The van der Waals surface area contributed by atoms with Gasteiger partial charge >= 0.3 is 0 Å². The van der Waals surface area contributed by atoms with Gasteiger partial charge in [-0.1, -0.05) is 27.7 Å². The van der Waals surface area contributed by atoms with E-state index in [0.717, 1.165) is 80.3 Å². The summed E-state index contributed by atoms with van der Waals surface area (Å²) in [6, 6.07) is 0. The lowest BCUT2D eigenvalue weighted by Crippen LogP contribution is -2.57. The lowest BCUT2D eigenvalue weighted by Gasteiger charge is -2.62. The summed E-state index contributed by atoms with van der Waals surface area (Å²) in [7, 11) is 3.86. The zero-order valence-electron chi connectivity index (χ0n) is 32.4. The summed E-state index contributed by atoms with van der Waals surface area (Å²) >= 11 is 0. The number of carbonyl (C=O) groups excluding carboxylic acids is 1. The van der Waals surface area contributed by atoms with Crippen molar-refractivity contribution in [1.82, 2.24) is 0 Å². The number of ketones is 1. The Labute approximate surface area is 299 Å². The number of Topliss-reactive ketones (excluding diaryl/α,β-unsaturated/α-hetero) is 1. The first-order chi connectivity index (χ1) is 23.6. The molecule has 0 unspecified atom stereocenters. The van der Waals surface area contributed by atoms with Crippen LogP contribution in [0.25, 0.3) is 0 Å². The zero-order valence-corrected chi connectivity index (χ0v) is 32.4. The third-order valence-electron chi connectivity index (χ3n) is 19.1. The molecule has 5 heteroatoms. The van der Waals surface area contributed by atoms with Crippen LogP contribution in [0.3, 0.4) is 0 Å². The molecule has 9 aliphatic rings. The van der Waals surface area contributed by atoms with Gasteiger partial charge in [0.1, 0.15) is 5.78 Å². The first-order valence-electron chi connectivity index (χ1n) is 21.5. The minimum atomic E-state index is -0.214. The van der Waals surface area contributed by atoms with E-state index in [2.05, 4.69) is 27.7 Å². The largest absolute Gasteiger partial charge is 0.381 e. The van der Waals surface area contributed by atoms with E-state index in [0.29, 0.717) is 45.6 Å². The Morgan fingerprint density at radius 1 is 0.612 bits per heavy atom. The van der Waals surface area contributed by atoms with Crippen LogP contribution in [0.5, 0.6) is 0 Å². The van der Waals surface area contributed by atoms with Crippen molar-refractivity contribution in [2.45, 2.75) is 174 Å². The Hall–Kier alpha value is -0.490. The fourth-order valence-corrected chi connectivity index (χ4v) is 16.7. The fraction of sp³-hybridized carbons (Fsp3) is 0.977. The smallest absolute Gasteiger partial charge is 0.168 e. The molecule has 0 amide bonds. The van der Waals surface area contributed by atoms with Crippen molar-refractivity contribution >= 4 is 5.78 Å². The van der Waals surface area contributed by atoms with Gasteiger partial charge in [0.25, 0.3) is 0 Å². The Kier molecular flexibility index (Phi) is 9.51. The third kappa shape index (κ3) is 5.28. The molecule has 278 valence electrons. The van der Waals surface area contributed by atoms with Crippen molar-refractivity contribution < 1.29 is 23.7 Å². The first-order valence-corrected chi connectivity index (χ1v) is 21.5. The summed E-state index contributed by atoms with van der Waals surface area (Å²) in [5.41, 5.74) is 1.90. The summed E-state index contributed by atoms with van der Waals surface area (Å²) in [4.78, 5) is 12.0. The second-order valence-electron chi connectivity index (χ2n) is 19.7. The van der Waals surface area contributed by atoms with E-state index in [1.807, 2.05) is 14.2 Å². The minimum Gasteiger partial charge on any atom is -0.381 e. The predicted octanol–water partition coefficient (Wildman–Crippen LogP) is 10.2. The molecule has 1 heterocycles. The highest BCUT2D eigenvalue weighted by Gasteiger charge is 2.64. The van der Waals surface area contributed by atoms with Crippen LogP contribution in [-0.4, -0.2) is 51.2 Å². The minimum absolute atomic E-state index is 0.214. The normalized spacial score (nSPS) is 52.6. The summed E-state index contributed by atoms with van der Waals surface area (Å²) in [5, 5.41) is 0. The topological polar surface area (TPSA) is 54.0 Å². The van der Waals surface area contributed by atoms with Crippen molar-refractivity contribution in [2.24, 2.45) is 69.0 Å². The molecule has 49 heavy (non-hydrogen) atoms. The van der Waals surface area contributed by atoms with Crippen molar-refractivity contribution in [3.8, 4) is 0 Å². The molecule has 14 atom stereocenters. The van der Waals surface area contributed by atoms with Gasteiger partial charge < -0.3 is 18.9 Å². The first kappa shape index (κ1) is 35.5. The zero-order chi connectivity index (χ0) is 34.2. The molecule has 0 N–H and O–H groups in total. The maximum atomic E-state index is 12.0. The quantitative estimate of drug-likeness (QED) is 0.296. The summed E-state index contributed by atoms with van der Waals surface area (Å²) in [6.45, 7) is 11.6. The molecular weight excluding hydrogens is 608 g/mol. The second kappa shape index (κ2) is 13.1. The fourth-order valence-electron chi connectivity index (χ4n) is 16.7. The van der Waals surface area contributed by atoms with Crippen LogP contribution >= 0.6 is 0 Å². The number of methoxy groups -OCH3 is 2. The van der Waals surface area contributed by atoms with Gasteiger partial charge in [0.05, 0.1) is 25.4 Å². The Morgan fingerprint density at radius 3 is 1.67 bits per heavy atom. The second-order valence-corrected chi connectivity index (χ2v) is 19.7. The molecule has 9 fully saturated rings. The van der Waals surface area contributed by atoms with Crippen LogP contribution < -0.4 is 0 Å². The summed E-state index contributed by atoms with van der Waals surface area (Å²) < 4.78 is 24.1. The monoisotopic (exact) mass is 681 g/mol. The number of carbonyl (C=O) groups is 1. The Balaban J connectivity index is 0.000000143. The van der Waals surface area contributed by atoms with Crippen molar-refractivity contribution in [3.63, 3.8) is 0 Å². The number of rotatable bonds is 4. The van der Waals surface area contributed by atoms with Gasteiger partial charge in [0.2, 0.25) is 0 Å². The highest BCUT2D eigenvalue weighted by atomic mass is 16.7. The lowest BCUT2D eigenvalue weighted by molar-refractivity contribution is -0.234. The van der Waals surface area contributed by atoms with E-state index in [1.165, 1.54) is 103 Å². The Morgan fingerprint density at radius 2 is 1.14 bits per heavy atom. The van der Waals surface area contributed by atoms with Crippen LogP contribution in [0.2, 0.25) is 0 Å².